The van der Waals surface area contributed by atoms with Crippen molar-refractivity contribution in [2.45, 2.75) is 13.3 Å². The van der Waals surface area contributed by atoms with Gasteiger partial charge in [0, 0.05) is 20.0 Å². The van der Waals surface area contributed by atoms with Gasteiger partial charge in [-0.05, 0) is 63.9 Å². The van der Waals surface area contributed by atoms with Crippen molar-refractivity contribution >= 4 is 59.4 Å². The van der Waals surface area contributed by atoms with Gasteiger partial charge in [-0.15, -0.1) is 0 Å². The molecule has 1 unspecified atom stereocenters. The number of hydrogen-bond donors (Lipinski definition) is 2. The Morgan fingerprint density at radius 3 is 2.44 bits per heavy atom. The van der Waals surface area contributed by atoms with Gasteiger partial charge in [0.2, 0.25) is 5.91 Å². The van der Waals surface area contributed by atoms with Crippen LogP contribution >= 0.6 is 47.8 Å². The quantitative estimate of drug-likeness (QED) is 0.732. The van der Waals surface area contributed by atoms with Gasteiger partial charge >= 0.3 is 0 Å². The summed E-state index contributed by atoms with van der Waals surface area (Å²) in [7, 11) is 0. The van der Waals surface area contributed by atoms with Crippen LogP contribution in [0.2, 0.25) is 0 Å². The summed E-state index contributed by atoms with van der Waals surface area (Å²) in [6.07, 6.45) is 0.866. The summed E-state index contributed by atoms with van der Waals surface area (Å²) in [6, 6.07) is 3.82. The van der Waals surface area contributed by atoms with Gasteiger partial charge in [0.1, 0.15) is 0 Å². The van der Waals surface area contributed by atoms with Crippen molar-refractivity contribution in [2.24, 2.45) is 5.41 Å². The first-order chi connectivity index (χ1) is 8.42. The molecule has 3 nitrogen and oxygen atoms in total. The summed E-state index contributed by atoms with van der Waals surface area (Å²) in [4.78, 5) is 12.3. The first-order valence-electron chi connectivity index (χ1n) is 5.59. The molecule has 6 heteroatoms. The third-order valence-electron chi connectivity index (χ3n) is 3.16. The van der Waals surface area contributed by atoms with E-state index >= 15 is 0 Å². The van der Waals surface area contributed by atoms with E-state index in [-0.39, 0.29) is 11.3 Å². The molecular formula is C12H13Br3N2O. The van der Waals surface area contributed by atoms with Gasteiger partial charge in [0.05, 0.1) is 11.1 Å². The molecule has 0 bridgehead atoms. The first kappa shape index (κ1) is 14.5. The van der Waals surface area contributed by atoms with Crippen molar-refractivity contribution in [3.8, 4) is 0 Å². The largest absolute Gasteiger partial charge is 0.324 e. The maximum atomic E-state index is 12.3. The SMILES string of the molecule is CC1(C(=O)Nc2c(Br)cc(Br)cc2Br)CCNC1. The van der Waals surface area contributed by atoms with E-state index in [2.05, 4.69) is 58.4 Å². The molecule has 18 heavy (non-hydrogen) atoms. The van der Waals surface area contributed by atoms with Crippen molar-refractivity contribution in [1.29, 1.82) is 0 Å². The van der Waals surface area contributed by atoms with Crippen LogP contribution in [0.15, 0.2) is 25.6 Å². The predicted molar refractivity (Wildman–Crippen MR) is 83.8 cm³/mol. The van der Waals surface area contributed by atoms with E-state index in [9.17, 15) is 4.79 Å². The fraction of sp³-hybridized carbons (Fsp3) is 0.417. The number of carbonyl (C=O) groups is 1. The number of halogens is 3. The van der Waals surface area contributed by atoms with Crippen LogP contribution in [-0.4, -0.2) is 19.0 Å². The van der Waals surface area contributed by atoms with Gasteiger partial charge in [0.25, 0.3) is 0 Å². The number of nitrogens with one attached hydrogen (secondary N) is 2. The summed E-state index contributed by atoms with van der Waals surface area (Å²) < 4.78 is 2.66. The van der Waals surface area contributed by atoms with Crippen LogP contribution < -0.4 is 10.6 Å². The van der Waals surface area contributed by atoms with E-state index in [4.69, 9.17) is 0 Å². The highest BCUT2D eigenvalue weighted by Gasteiger charge is 2.36. The van der Waals surface area contributed by atoms with E-state index in [0.717, 1.165) is 38.6 Å². The lowest BCUT2D eigenvalue weighted by atomic mass is 9.89. The zero-order valence-corrected chi connectivity index (χ0v) is 14.6. The summed E-state index contributed by atoms with van der Waals surface area (Å²) >= 11 is 10.3. The van der Waals surface area contributed by atoms with Crippen LogP contribution in [0.5, 0.6) is 0 Å². The van der Waals surface area contributed by atoms with Crippen LogP contribution in [0.1, 0.15) is 13.3 Å². The molecule has 0 aromatic heterocycles. The van der Waals surface area contributed by atoms with Gasteiger partial charge < -0.3 is 10.6 Å². The summed E-state index contributed by atoms with van der Waals surface area (Å²) in [5, 5.41) is 6.22. The molecule has 0 aliphatic carbocycles. The van der Waals surface area contributed by atoms with E-state index in [1.54, 1.807) is 0 Å². The Bertz CT molecular complexity index is 461. The number of benzene rings is 1. The molecule has 0 spiro atoms. The summed E-state index contributed by atoms with van der Waals surface area (Å²) in [5.41, 5.74) is 0.447. The predicted octanol–water partition coefficient (Wildman–Crippen LogP) is 3.91. The van der Waals surface area contributed by atoms with E-state index in [1.807, 2.05) is 19.1 Å². The zero-order valence-electron chi connectivity index (χ0n) is 9.82. The first-order valence-corrected chi connectivity index (χ1v) is 7.97. The second-order valence-corrected chi connectivity index (χ2v) is 7.31. The highest BCUT2D eigenvalue weighted by atomic mass is 79.9. The smallest absolute Gasteiger partial charge is 0.231 e. The van der Waals surface area contributed by atoms with Gasteiger partial charge in [-0.25, -0.2) is 0 Å². The third kappa shape index (κ3) is 2.98. The molecule has 1 heterocycles. The minimum atomic E-state index is -0.327. The molecule has 98 valence electrons. The monoisotopic (exact) mass is 438 g/mol. The van der Waals surface area contributed by atoms with Crippen LogP contribution in [0.3, 0.4) is 0 Å². The number of hydrogen-bond acceptors (Lipinski definition) is 2. The fourth-order valence-corrected chi connectivity index (χ4v) is 4.39. The van der Waals surface area contributed by atoms with Gasteiger partial charge in [-0.2, -0.15) is 0 Å². The second kappa shape index (κ2) is 5.61. The Balaban J connectivity index is 2.22. The normalized spacial score (nSPS) is 23.1. The Kier molecular flexibility index (Phi) is 4.52. The number of rotatable bonds is 2. The maximum absolute atomic E-state index is 12.3. The van der Waals surface area contributed by atoms with Crippen molar-refractivity contribution in [3.63, 3.8) is 0 Å². The Labute approximate surface area is 131 Å². The van der Waals surface area contributed by atoms with Crippen LogP contribution in [0, 0.1) is 5.41 Å². The Hall–Kier alpha value is 0.0900. The molecular weight excluding hydrogens is 428 g/mol. The fourth-order valence-electron chi connectivity index (χ4n) is 1.94. The standard InChI is InChI=1S/C12H13Br3N2O/c1-12(2-3-16-6-12)11(18)17-10-8(14)4-7(13)5-9(10)15/h4-5,16H,2-3,6H2,1H3,(H,17,18). The topological polar surface area (TPSA) is 41.1 Å². The van der Waals surface area contributed by atoms with E-state index in [1.165, 1.54) is 0 Å². The van der Waals surface area contributed by atoms with Crippen molar-refractivity contribution in [1.82, 2.24) is 5.32 Å². The molecule has 2 rings (SSSR count). The van der Waals surface area contributed by atoms with Gasteiger partial charge in [0.15, 0.2) is 0 Å². The van der Waals surface area contributed by atoms with Crippen molar-refractivity contribution in [3.05, 3.63) is 25.6 Å². The van der Waals surface area contributed by atoms with Crippen molar-refractivity contribution < 1.29 is 4.79 Å². The van der Waals surface area contributed by atoms with Gasteiger partial charge in [-0.3, -0.25) is 4.79 Å². The average molecular weight is 441 g/mol. The number of carbonyl (C=O) groups excluding carboxylic acids is 1. The molecule has 1 fully saturated rings. The molecule has 1 saturated heterocycles. The molecule has 0 saturated carbocycles. The Morgan fingerprint density at radius 1 is 1.33 bits per heavy atom. The molecule has 1 aliphatic rings. The summed E-state index contributed by atoms with van der Waals surface area (Å²) in [6.45, 7) is 3.61. The zero-order chi connectivity index (χ0) is 13.3. The molecule has 1 atom stereocenters. The van der Waals surface area contributed by atoms with Crippen LogP contribution in [-0.2, 0) is 4.79 Å². The minimum absolute atomic E-state index is 0.0521. The second-order valence-electron chi connectivity index (χ2n) is 4.69. The Morgan fingerprint density at radius 2 is 1.94 bits per heavy atom. The molecule has 0 radical (unpaired) electrons. The highest BCUT2D eigenvalue weighted by Crippen LogP contribution is 2.36. The van der Waals surface area contributed by atoms with Gasteiger partial charge in [-0.1, -0.05) is 15.9 Å². The average Bonchev–Trinajstić information content (AvgIpc) is 2.71. The molecule has 1 aromatic carbocycles. The maximum Gasteiger partial charge on any atom is 0.231 e. The van der Waals surface area contributed by atoms with E-state index < -0.39 is 0 Å². The highest BCUT2D eigenvalue weighted by molar-refractivity contribution is 9.11. The summed E-state index contributed by atoms with van der Waals surface area (Å²) in [5.74, 6) is 0.0521. The number of anilines is 1. The van der Waals surface area contributed by atoms with Crippen molar-refractivity contribution in [2.75, 3.05) is 18.4 Å². The molecule has 1 aromatic rings. The lowest BCUT2D eigenvalue weighted by Gasteiger charge is -2.22. The van der Waals surface area contributed by atoms with Crippen LogP contribution in [0.4, 0.5) is 5.69 Å². The van der Waals surface area contributed by atoms with Crippen LogP contribution in [0.25, 0.3) is 0 Å². The molecule has 1 amide bonds. The molecule has 1 aliphatic heterocycles. The number of amides is 1. The molecule has 2 N–H and O–H groups in total. The third-order valence-corrected chi connectivity index (χ3v) is 4.87. The minimum Gasteiger partial charge on any atom is -0.324 e. The lowest BCUT2D eigenvalue weighted by molar-refractivity contribution is -0.123. The lowest BCUT2D eigenvalue weighted by Crippen LogP contribution is -2.35. The van der Waals surface area contributed by atoms with E-state index in [0.29, 0.717) is 0 Å².